The fourth-order valence-electron chi connectivity index (χ4n) is 1.83. The first-order valence-corrected chi connectivity index (χ1v) is 7.39. The Balaban J connectivity index is 2.00. The first-order chi connectivity index (χ1) is 8.72. The van der Waals surface area contributed by atoms with Crippen LogP contribution in [0.2, 0.25) is 0 Å². The van der Waals surface area contributed by atoms with E-state index in [0.29, 0.717) is 0 Å². The molecule has 5 heteroatoms. The molecule has 1 aliphatic heterocycles. The van der Waals surface area contributed by atoms with Crippen LogP contribution in [0.15, 0.2) is 24.3 Å². The van der Waals surface area contributed by atoms with Crippen LogP contribution in [0, 0.1) is 0 Å². The van der Waals surface area contributed by atoms with Crippen molar-refractivity contribution in [2.75, 3.05) is 26.2 Å². The number of methoxy groups -OCH3 is 1. The van der Waals surface area contributed by atoms with E-state index in [1.54, 1.807) is 18.9 Å². The van der Waals surface area contributed by atoms with Gasteiger partial charge in [-0.1, -0.05) is 43.0 Å². The molecule has 0 bridgehead atoms. The molecule has 1 aromatic rings. The predicted molar refractivity (Wildman–Crippen MR) is 80.8 cm³/mol. The lowest BCUT2D eigenvalue weighted by Gasteiger charge is -2.36. The van der Waals surface area contributed by atoms with Crippen LogP contribution in [-0.2, 0) is 6.54 Å². The molecule has 2 rings (SSSR count). The number of rotatable bonds is 4. The molecule has 0 N–H and O–H groups in total. The zero-order valence-corrected chi connectivity index (χ0v) is 12.4. The molecule has 18 heavy (non-hydrogen) atoms. The zero-order valence-electron chi connectivity index (χ0n) is 10.8. The van der Waals surface area contributed by atoms with Crippen LogP contribution in [0.5, 0.6) is 5.75 Å². The van der Waals surface area contributed by atoms with E-state index in [1.165, 1.54) is 5.56 Å². The van der Waals surface area contributed by atoms with Crippen molar-refractivity contribution in [3.05, 3.63) is 29.8 Å². The molecular formula is C13H18N2OS2. The van der Waals surface area contributed by atoms with Crippen molar-refractivity contribution in [2.24, 2.45) is 0 Å². The second-order valence-electron chi connectivity index (χ2n) is 4.21. The summed E-state index contributed by atoms with van der Waals surface area (Å²) in [5, 5.41) is 0. The number of hydrogen-bond donors (Lipinski definition) is 0. The largest absolute Gasteiger partial charge is 0.497 e. The van der Waals surface area contributed by atoms with Gasteiger partial charge in [0.2, 0.25) is 0 Å². The topological polar surface area (TPSA) is 15.7 Å². The van der Waals surface area contributed by atoms with E-state index in [2.05, 4.69) is 28.9 Å². The van der Waals surface area contributed by atoms with Gasteiger partial charge in [-0.25, -0.2) is 0 Å². The molecular weight excluding hydrogens is 264 g/mol. The predicted octanol–water partition coefficient (Wildman–Crippen LogP) is 2.77. The highest BCUT2D eigenvalue weighted by molar-refractivity contribution is 8.22. The Morgan fingerprint density at radius 2 is 2.06 bits per heavy atom. The number of hydrogen-bond acceptors (Lipinski definition) is 4. The van der Waals surface area contributed by atoms with Crippen molar-refractivity contribution in [3.63, 3.8) is 0 Å². The second-order valence-corrected chi connectivity index (χ2v) is 5.79. The van der Waals surface area contributed by atoms with Crippen molar-refractivity contribution in [3.8, 4) is 5.75 Å². The van der Waals surface area contributed by atoms with E-state index in [-0.39, 0.29) is 0 Å². The summed E-state index contributed by atoms with van der Waals surface area (Å²) in [7, 11) is 1.69. The van der Waals surface area contributed by atoms with Gasteiger partial charge in [-0.3, -0.25) is 4.90 Å². The summed E-state index contributed by atoms with van der Waals surface area (Å²) in [5.74, 6) is 1.90. The monoisotopic (exact) mass is 282 g/mol. The summed E-state index contributed by atoms with van der Waals surface area (Å²) >= 11 is 7.16. The second kappa shape index (κ2) is 6.41. The third kappa shape index (κ3) is 3.37. The molecule has 0 spiro atoms. The fourth-order valence-corrected chi connectivity index (χ4v) is 2.98. The first-order valence-electron chi connectivity index (χ1n) is 6.00. The summed E-state index contributed by atoms with van der Waals surface area (Å²) in [6.07, 6.45) is 0. The van der Waals surface area contributed by atoms with Crippen molar-refractivity contribution in [2.45, 2.75) is 13.5 Å². The Morgan fingerprint density at radius 3 is 2.67 bits per heavy atom. The zero-order chi connectivity index (χ0) is 13.0. The van der Waals surface area contributed by atoms with E-state index >= 15 is 0 Å². The average Bonchev–Trinajstić information content (AvgIpc) is 2.42. The van der Waals surface area contributed by atoms with E-state index in [1.807, 2.05) is 12.1 Å². The van der Waals surface area contributed by atoms with Crippen molar-refractivity contribution in [1.82, 2.24) is 9.80 Å². The Bertz CT molecular complexity index is 408. The number of benzene rings is 1. The fraction of sp³-hybridized carbons (Fsp3) is 0.462. The quantitative estimate of drug-likeness (QED) is 0.787. The molecule has 0 saturated carbocycles. The molecule has 0 unspecified atom stereocenters. The minimum absolute atomic E-state index is 0.867. The highest BCUT2D eigenvalue weighted by atomic mass is 32.2. The molecule has 1 heterocycles. The van der Waals surface area contributed by atoms with Gasteiger partial charge in [0.05, 0.1) is 19.7 Å². The van der Waals surface area contributed by atoms with Crippen molar-refractivity contribution in [1.29, 1.82) is 0 Å². The maximum Gasteiger partial charge on any atom is 0.138 e. The third-order valence-electron chi connectivity index (χ3n) is 2.98. The van der Waals surface area contributed by atoms with Gasteiger partial charge in [-0.05, 0) is 24.2 Å². The van der Waals surface area contributed by atoms with Crippen LogP contribution >= 0.6 is 24.0 Å². The lowest BCUT2D eigenvalue weighted by molar-refractivity contribution is 0.216. The Morgan fingerprint density at radius 1 is 1.33 bits per heavy atom. The molecule has 0 aliphatic carbocycles. The maximum absolute atomic E-state index is 5.41. The van der Waals surface area contributed by atoms with Crippen LogP contribution in [0.4, 0.5) is 0 Å². The molecule has 1 aromatic carbocycles. The summed E-state index contributed by atoms with van der Waals surface area (Å²) in [5.41, 5.74) is 1.26. The highest BCUT2D eigenvalue weighted by Gasteiger charge is 2.20. The number of nitrogens with zero attached hydrogens (tertiary/aromatic N) is 2. The van der Waals surface area contributed by atoms with Crippen LogP contribution in [-0.4, -0.2) is 40.3 Å². The van der Waals surface area contributed by atoms with Gasteiger partial charge in [0.15, 0.2) is 0 Å². The van der Waals surface area contributed by atoms with Crippen LogP contribution in [0.3, 0.4) is 0 Å². The van der Waals surface area contributed by atoms with Gasteiger partial charge in [-0.2, -0.15) is 0 Å². The molecule has 1 aliphatic rings. The molecule has 0 atom stereocenters. The van der Waals surface area contributed by atoms with Crippen LogP contribution in [0.1, 0.15) is 12.5 Å². The molecule has 98 valence electrons. The van der Waals surface area contributed by atoms with E-state index < -0.39 is 0 Å². The number of ether oxygens (including phenoxy) is 1. The van der Waals surface area contributed by atoms with E-state index in [4.69, 9.17) is 17.0 Å². The van der Waals surface area contributed by atoms with E-state index in [9.17, 15) is 0 Å². The molecule has 3 nitrogen and oxygen atoms in total. The van der Waals surface area contributed by atoms with Crippen molar-refractivity contribution >= 4 is 28.3 Å². The lowest BCUT2D eigenvalue weighted by Crippen LogP contribution is -2.44. The van der Waals surface area contributed by atoms with Gasteiger partial charge in [0.1, 0.15) is 10.1 Å². The maximum atomic E-state index is 5.41. The summed E-state index contributed by atoms with van der Waals surface area (Å²) in [6, 6.07) is 8.17. The number of thiocarbonyl (C=S) groups is 1. The van der Waals surface area contributed by atoms with Crippen LogP contribution < -0.4 is 4.74 Å². The molecule has 1 fully saturated rings. The minimum atomic E-state index is 0.867. The minimum Gasteiger partial charge on any atom is -0.497 e. The Kier molecular flexibility index (Phi) is 4.86. The Hall–Kier alpha value is -0.780. The SMILES string of the molecule is CCN1CSC(=S)N(Cc2ccc(OC)cc2)C1. The Labute approximate surface area is 118 Å². The van der Waals surface area contributed by atoms with E-state index in [0.717, 1.165) is 35.7 Å². The van der Waals surface area contributed by atoms with Gasteiger partial charge in [0, 0.05) is 6.54 Å². The molecule has 0 aromatic heterocycles. The van der Waals surface area contributed by atoms with Gasteiger partial charge >= 0.3 is 0 Å². The third-order valence-corrected chi connectivity index (χ3v) is 4.59. The first kappa shape index (κ1) is 13.6. The van der Waals surface area contributed by atoms with Gasteiger partial charge in [0.25, 0.3) is 0 Å². The van der Waals surface area contributed by atoms with Gasteiger partial charge < -0.3 is 9.64 Å². The van der Waals surface area contributed by atoms with Crippen molar-refractivity contribution < 1.29 is 4.74 Å². The highest BCUT2D eigenvalue weighted by Crippen LogP contribution is 2.21. The van der Waals surface area contributed by atoms with Crippen LogP contribution in [0.25, 0.3) is 0 Å². The smallest absolute Gasteiger partial charge is 0.138 e. The summed E-state index contributed by atoms with van der Waals surface area (Å²) in [6.45, 7) is 5.04. The molecule has 0 amide bonds. The standard InChI is InChI=1S/C13H18N2OS2/c1-3-14-9-15(13(17)18-10-14)8-11-4-6-12(16-2)7-5-11/h4-7H,3,8-10H2,1-2H3. The average molecular weight is 282 g/mol. The normalized spacial score (nSPS) is 17.0. The lowest BCUT2D eigenvalue weighted by atomic mass is 10.2. The number of thioether (sulfide) groups is 1. The molecule has 1 saturated heterocycles. The molecule has 0 radical (unpaired) electrons. The summed E-state index contributed by atoms with van der Waals surface area (Å²) < 4.78 is 6.16. The summed E-state index contributed by atoms with van der Waals surface area (Å²) in [4.78, 5) is 4.62. The van der Waals surface area contributed by atoms with Gasteiger partial charge in [-0.15, -0.1) is 0 Å².